The van der Waals surface area contributed by atoms with Gasteiger partial charge in [-0.3, -0.25) is 14.9 Å². The lowest BCUT2D eigenvalue weighted by Gasteiger charge is -2.47. The summed E-state index contributed by atoms with van der Waals surface area (Å²) in [5.74, 6) is 1.99. The van der Waals surface area contributed by atoms with Gasteiger partial charge in [0.1, 0.15) is 11.3 Å². The summed E-state index contributed by atoms with van der Waals surface area (Å²) in [7, 11) is 2.72. The third-order valence-electron chi connectivity index (χ3n) is 7.73. The van der Waals surface area contributed by atoms with E-state index < -0.39 is 10.8 Å². The number of aryl methyl sites for hydroxylation is 1. The predicted molar refractivity (Wildman–Crippen MR) is 132 cm³/mol. The van der Waals surface area contributed by atoms with E-state index in [1.54, 1.807) is 0 Å². The third-order valence-corrected chi connectivity index (χ3v) is 7.73. The van der Waals surface area contributed by atoms with Crippen molar-refractivity contribution in [3.63, 3.8) is 0 Å². The number of carbonyl (C=O) groups is 1. The highest BCUT2D eigenvalue weighted by molar-refractivity contribution is 6.09. The maximum Gasteiger partial charge on any atom is 0.312 e. The Labute approximate surface area is 201 Å². The van der Waals surface area contributed by atoms with Gasteiger partial charge in [-0.2, -0.15) is 0 Å². The van der Waals surface area contributed by atoms with Gasteiger partial charge < -0.3 is 14.8 Å². The topological polar surface area (TPSA) is 90.7 Å². The van der Waals surface area contributed by atoms with Crippen LogP contribution in [-0.4, -0.2) is 25.1 Å². The van der Waals surface area contributed by atoms with Gasteiger partial charge >= 0.3 is 5.69 Å². The number of nitro benzene ring substituents is 1. The summed E-state index contributed by atoms with van der Waals surface area (Å²) in [4.78, 5) is 24.1. The number of fused-ring (bicyclic) bond motifs is 2. The third kappa shape index (κ3) is 4.48. The zero-order chi connectivity index (χ0) is 24.6. The largest absolute Gasteiger partial charge is 0.496 e. The van der Waals surface area contributed by atoms with E-state index in [-0.39, 0.29) is 28.2 Å². The van der Waals surface area contributed by atoms with E-state index in [9.17, 15) is 14.9 Å². The highest BCUT2D eigenvalue weighted by Crippen LogP contribution is 2.51. The number of benzene rings is 2. The Hall–Kier alpha value is -3.09. The van der Waals surface area contributed by atoms with Crippen LogP contribution < -0.4 is 14.8 Å². The van der Waals surface area contributed by atoms with Gasteiger partial charge in [0.15, 0.2) is 0 Å². The first kappa shape index (κ1) is 24.0. The van der Waals surface area contributed by atoms with E-state index in [4.69, 9.17) is 9.47 Å². The molecule has 2 bridgehead atoms. The number of nitrogens with zero attached hydrogens (tertiary/aromatic N) is 1. The highest BCUT2D eigenvalue weighted by atomic mass is 16.6. The number of amides is 1. The maximum atomic E-state index is 13.2. The molecular weight excluding hydrogens is 432 g/mol. The second-order valence-corrected chi connectivity index (χ2v) is 10.4. The first-order valence-electron chi connectivity index (χ1n) is 12.0. The molecule has 182 valence electrons. The molecule has 0 aliphatic heterocycles. The van der Waals surface area contributed by atoms with Gasteiger partial charge in [-0.1, -0.05) is 26.0 Å². The summed E-state index contributed by atoms with van der Waals surface area (Å²) in [6, 6.07) is 8.93. The van der Waals surface area contributed by atoms with Gasteiger partial charge in [0, 0.05) is 11.8 Å². The van der Waals surface area contributed by atoms with E-state index in [1.807, 2.05) is 13.0 Å². The quantitative estimate of drug-likeness (QED) is 0.400. The smallest absolute Gasteiger partial charge is 0.312 e. The van der Waals surface area contributed by atoms with Gasteiger partial charge in [-0.25, -0.2) is 0 Å². The fourth-order valence-electron chi connectivity index (χ4n) is 6.48. The van der Waals surface area contributed by atoms with Crippen molar-refractivity contribution in [2.45, 2.75) is 58.3 Å². The number of methoxy groups -OCH3 is 2. The number of ether oxygens (including phenoxy) is 2. The molecule has 4 rings (SSSR count). The lowest BCUT2D eigenvalue weighted by molar-refractivity contribution is -0.385. The minimum Gasteiger partial charge on any atom is -0.496 e. The number of nitro groups is 1. The van der Waals surface area contributed by atoms with Gasteiger partial charge in [-0.05, 0) is 85.5 Å². The number of hydrogen-bond donors (Lipinski definition) is 1. The predicted octanol–water partition coefficient (Wildman–Crippen LogP) is 6.28. The van der Waals surface area contributed by atoms with Gasteiger partial charge in [-0.15, -0.1) is 0 Å². The average molecular weight is 467 g/mol. The monoisotopic (exact) mass is 466 g/mol. The fourth-order valence-corrected chi connectivity index (χ4v) is 6.48. The number of nitrogens with one attached hydrogen (secondary N) is 1. The van der Waals surface area contributed by atoms with E-state index in [2.05, 4.69) is 31.3 Å². The van der Waals surface area contributed by atoms with Crippen molar-refractivity contribution in [3.8, 4) is 11.5 Å². The zero-order valence-electron chi connectivity index (χ0n) is 20.6. The fraction of sp³-hybridized carbons (Fsp3) is 0.519. The second-order valence-electron chi connectivity index (χ2n) is 10.4. The minimum atomic E-state index is -0.573. The van der Waals surface area contributed by atoms with Crippen molar-refractivity contribution in [2.75, 3.05) is 19.5 Å². The molecule has 2 atom stereocenters. The van der Waals surface area contributed by atoms with Gasteiger partial charge in [0.05, 0.1) is 19.1 Å². The summed E-state index contributed by atoms with van der Waals surface area (Å²) in [5, 5.41) is 14.3. The SMILES string of the molecule is COc1ccc([N+](=O)[O-])c(OC)c1C(=O)Nc1ccc(C2(C)CC3CC(C)CC(C3)C2)cc1C. The van der Waals surface area contributed by atoms with Crippen molar-refractivity contribution < 1.29 is 19.2 Å². The molecule has 0 heterocycles. The summed E-state index contributed by atoms with van der Waals surface area (Å²) in [5.41, 5.74) is 2.80. The molecule has 2 aliphatic rings. The molecule has 7 heteroatoms. The van der Waals surface area contributed by atoms with Crippen LogP contribution in [0.3, 0.4) is 0 Å². The Bertz CT molecular complexity index is 1090. The molecule has 34 heavy (non-hydrogen) atoms. The molecule has 1 amide bonds. The van der Waals surface area contributed by atoms with Crippen LogP contribution in [0.4, 0.5) is 11.4 Å². The average Bonchev–Trinajstić information content (AvgIpc) is 2.77. The lowest BCUT2D eigenvalue weighted by Crippen LogP contribution is -2.38. The highest BCUT2D eigenvalue weighted by Gasteiger charge is 2.42. The first-order chi connectivity index (χ1) is 16.1. The Balaban J connectivity index is 1.60. The summed E-state index contributed by atoms with van der Waals surface area (Å²) >= 11 is 0. The van der Waals surface area contributed by atoms with Crippen LogP contribution in [0.25, 0.3) is 0 Å². The normalized spacial score (nSPS) is 26.0. The minimum absolute atomic E-state index is 0.00358. The molecule has 7 nitrogen and oxygen atoms in total. The van der Waals surface area contributed by atoms with Crippen LogP contribution >= 0.6 is 0 Å². The van der Waals surface area contributed by atoms with E-state index in [0.717, 1.165) is 23.3 Å². The molecule has 2 aromatic rings. The summed E-state index contributed by atoms with van der Waals surface area (Å²) in [6.45, 7) is 6.75. The number of rotatable bonds is 6. The van der Waals surface area contributed by atoms with Crippen molar-refractivity contribution >= 4 is 17.3 Å². The molecule has 2 saturated carbocycles. The molecule has 2 fully saturated rings. The van der Waals surface area contributed by atoms with Gasteiger partial charge in [0.25, 0.3) is 5.91 Å². The molecule has 2 aromatic carbocycles. The van der Waals surface area contributed by atoms with Crippen molar-refractivity contribution in [2.24, 2.45) is 17.8 Å². The second kappa shape index (κ2) is 9.28. The lowest BCUT2D eigenvalue weighted by atomic mass is 9.57. The van der Waals surface area contributed by atoms with Crippen LogP contribution in [-0.2, 0) is 5.41 Å². The Kier molecular flexibility index (Phi) is 6.56. The van der Waals surface area contributed by atoms with Gasteiger partial charge in [0.2, 0.25) is 5.75 Å². The van der Waals surface area contributed by atoms with Crippen molar-refractivity contribution in [3.05, 3.63) is 57.1 Å². The molecule has 2 aliphatic carbocycles. The van der Waals surface area contributed by atoms with E-state index in [1.165, 1.54) is 64.0 Å². The Morgan fingerprint density at radius 1 is 1.09 bits per heavy atom. The molecule has 0 saturated heterocycles. The van der Waals surface area contributed by atoms with Crippen LogP contribution in [0.1, 0.15) is 67.4 Å². The van der Waals surface area contributed by atoms with Crippen LogP contribution in [0.15, 0.2) is 30.3 Å². The first-order valence-corrected chi connectivity index (χ1v) is 12.0. The molecule has 0 aromatic heterocycles. The maximum absolute atomic E-state index is 13.2. The molecular formula is C27H34N2O5. The van der Waals surface area contributed by atoms with Crippen molar-refractivity contribution in [1.82, 2.24) is 0 Å². The number of anilines is 1. The van der Waals surface area contributed by atoms with E-state index in [0.29, 0.717) is 5.69 Å². The Morgan fingerprint density at radius 3 is 2.32 bits per heavy atom. The molecule has 1 N–H and O–H groups in total. The molecule has 0 spiro atoms. The van der Waals surface area contributed by atoms with Crippen molar-refractivity contribution in [1.29, 1.82) is 0 Å². The number of hydrogen-bond acceptors (Lipinski definition) is 5. The summed E-state index contributed by atoms with van der Waals surface area (Å²) < 4.78 is 10.5. The van der Waals surface area contributed by atoms with E-state index >= 15 is 0 Å². The van der Waals surface area contributed by atoms with Crippen LogP contribution in [0, 0.1) is 34.8 Å². The zero-order valence-corrected chi connectivity index (χ0v) is 20.6. The van der Waals surface area contributed by atoms with Crippen LogP contribution in [0.2, 0.25) is 0 Å². The Morgan fingerprint density at radius 2 is 1.76 bits per heavy atom. The molecule has 2 unspecified atom stereocenters. The summed E-state index contributed by atoms with van der Waals surface area (Å²) in [6.07, 6.45) is 6.43. The number of carbonyl (C=O) groups excluding carboxylic acids is 1. The standard InChI is InChI=1S/C27H34N2O5/c1-16-10-18-13-19(11-16)15-27(3,14-18)20-6-7-21(17(2)12-20)28-26(30)24-23(33-4)9-8-22(29(31)32)25(24)34-5/h6-9,12,16,18-19H,10-11,13-15H2,1-5H3,(H,28,30). The van der Waals surface area contributed by atoms with Crippen LogP contribution in [0.5, 0.6) is 11.5 Å². The molecule has 0 radical (unpaired) electrons.